The monoisotopic (exact) mass is 443 g/mol. The molecule has 0 saturated carbocycles. The number of rotatable bonds is 5. The van der Waals surface area contributed by atoms with Crippen molar-refractivity contribution in [2.75, 3.05) is 26.2 Å². The number of nitrogens with zero attached hydrogens (tertiary/aromatic N) is 3. The van der Waals surface area contributed by atoms with E-state index in [1.165, 1.54) is 5.56 Å². The molecule has 1 aromatic heterocycles. The van der Waals surface area contributed by atoms with Crippen LogP contribution in [0.4, 0.5) is 0 Å². The summed E-state index contributed by atoms with van der Waals surface area (Å²) in [5.74, 6) is 0.106. The van der Waals surface area contributed by atoms with Gasteiger partial charge in [0.2, 0.25) is 0 Å². The van der Waals surface area contributed by atoms with Gasteiger partial charge in [-0.05, 0) is 35.4 Å². The van der Waals surface area contributed by atoms with Gasteiger partial charge in [0.15, 0.2) is 0 Å². The van der Waals surface area contributed by atoms with Crippen molar-refractivity contribution in [3.8, 4) is 0 Å². The average Bonchev–Trinajstić information content (AvgIpc) is 3.19. The highest BCUT2D eigenvalue weighted by atomic mass is 35.5. The first-order valence-corrected chi connectivity index (χ1v) is 11.4. The standard InChI is InChI=1S/C27H26ClN3O/c28-24-12-10-22(11-13-24)20-31-25-9-5-4-8-23(25)18-26(31)27(32)30-16-14-29(15-17-30)19-21-6-2-1-3-7-21/h1-13,18H,14-17,19-20H2. The minimum Gasteiger partial charge on any atom is -0.335 e. The van der Waals surface area contributed by atoms with Crippen molar-refractivity contribution in [3.63, 3.8) is 0 Å². The van der Waals surface area contributed by atoms with Crippen LogP contribution in [0.1, 0.15) is 21.6 Å². The fourth-order valence-electron chi connectivity index (χ4n) is 4.44. The van der Waals surface area contributed by atoms with Crippen LogP contribution in [0.15, 0.2) is 84.9 Å². The number of benzene rings is 3. The van der Waals surface area contributed by atoms with Gasteiger partial charge in [0.25, 0.3) is 5.91 Å². The Bertz CT molecular complexity index is 1210. The zero-order valence-corrected chi connectivity index (χ0v) is 18.7. The Morgan fingerprint density at radius 1 is 0.750 bits per heavy atom. The largest absolute Gasteiger partial charge is 0.335 e. The van der Waals surface area contributed by atoms with Crippen molar-refractivity contribution in [2.24, 2.45) is 0 Å². The van der Waals surface area contributed by atoms with Gasteiger partial charge in [0.1, 0.15) is 5.69 Å². The number of carbonyl (C=O) groups is 1. The number of piperazine rings is 1. The van der Waals surface area contributed by atoms with Gasteiger partial charge in [-0.3, -0.25) is 9.69 Å². The molecule has 0 unspecified atom stereocenters. The molecule has 5 heteroatoms. The summed E-state index contributed by atoms with van der Waals surface area (Å²) in [6, 6.07) is 28.6. The molecule has 1 saturated heterocycles. The van der Waals surface area contributed by atoms with E-state index in [1.54, 1.807) is 0 Å². The average molecular weight is 444 g/mol. The van der Waals surface area contributed by atoms with Crippen LogP contribution in [0.2, 0.25) is 5.02 Å². The maximum atomic E-state index is 13.6. The number of hydrogen-bond donors (Lipinski definition) is 0. The van der Waals surface area contributed by atoms with E-state index in [2.05, 4.69) is 45.9 Å². The molecule has 162 valence electrons. The molecule has 1 fully saturated rings. The number of amides is 1. The fourth-order valence-corrected chi connectivity index (χ4v) is 4.57. The van der Waals surface area contributed by atoms with Crippen molar-refractivity contribution >= 4 is 28.4 Å². The van der Waals surface area contributed by atoms with Crippen LogP contribution in [0.3, 0.4) is 0 Å². The smallest absolute Gasteiger partial charge is 0.270 e. The summed E-state index contributed by atoms with van der Waals surface area (Å²) in [4.78, 5) is 18.0. The third-order valence-electron chi connectivity index (χ3n) is 6.19. The van der Waals surface area contributed by atoms with E-state index in [1.807, 2.05) is 53.4 Å². The van der Waals surface area contributed by atoms with Crippen molar-refractivity contribution < 1.29 is 4.79 Å². The second-order valence-electron chi connectivity index (χ2n) is 8.35. The lowest BCUT2D eigenvalue weighted by atomic mass is 10.2. The fraction of sp³-hybridized carbons (Fsp3) is 0.222. The van der Waals surface area contributed by atoms with E-state index >= 15 is 0 Å². The van der Waals surface area contributed by atoms with Crippen LogP contribution >= 0.6 is 11.6 Å². The predicted molar refractivity (Wildman–Crippen MR) is 130 cm³/mol. The molecular formula is C27H26ClN3O. The Kier molecular flexibility index (Phi) is 5.97. The van der Waals surface area contributed by atoms with E-state index in [4.69, 9.17) is 11.6 Å². The van der Waals surface area contributed by atoms with Crippen LogP contribution in [0, 0.1) is 0 Å². The summed E-state index contributed by atoms with van der Waals surface area (Å²) in [7, 11) is 0. The number of para-hydroxylation sites is 1. The molecule has 3 aromatic carbocycles. The first kappa shape index (κ1) is 20.8. The van der Waals surface area contributed by atoms with Gasteiger partial charge in [-0.2, -0.15) is 0 Å². The third kappa shape index (κ3) is 4.43. The molecule has 5 rings (SSSR count). The topological polar surface area (TPSA) is 28.5 Å². The van der Waals surface area contributed by atoms with Crippen LogP contribution in [-0.2, 0) is 13.1 Å². The van der Waals surface area contributed by atoms with Crippen LogP contribution in [0.25, 0.3) is 10.9 Å². The molecular weight excluding hydrogens is 418 g/mol. The summed E-state index contributed by atoms with van der Waals surface area (Å²) in [5.41, 5.74) is 4.26. The van der Waals surface area contributed by atoms with Crippen LogP contribution < -0.4 is 0 Å². The lowest BCUT2D eigenvalue weighted by Crippen LogP contribution is -2.48. The highest BCUT2D eigenvalue weighted by Crippen LogP contribution is 2.24. The Hall–Kier alpha value is -3.08. The Balaban J connectivity index is 1.35. The minimum atomic E-state index is 0.106. The van der Waals surface area contributed by atoms with Crippen molar-refractivity contribution in [3.05, 3.63) is 107 Å². The summed E-state index contributed by atoms with van der Waals surface area (Å²) < 4.78 is 2.14. The molecule has 0 aliphatic carbocycles. The van der Waals surface area contributed by atoms with Gasteiger partial charge >= 0.3 is 0 Å². The van der Waals surface area contributed by atoms with E-state index in [-0.39, 0.29) is 5.91 Å². The second-order valence-corrected chi connectivity index (χ2v) is 8.79. The predicted octanol–water partition coefficient (Wildman–Crippen LogP) is 5.30. The molecule has 0 atom stereocenters. The summed E-state index contributed by atoms with van der Waals surface area (Å²) in [6.07, 6.45) is 0. The van der Waals surface area contributed by atoms with Crippen LogP contribution in [-0.4, -0.2) is 46.5 Å². The Labute approximate surface area is 193 Å². The normalized spacial score (nSPS) is 14.7. The zero-order valence-electron chi connectivity index (χ0n) is 18.0. The number of halogens is 1. The summed E-state index contributed by atoms with van der Waals surface area (Å²) in [5, 5.41) is 1.81. The molecule has 1 amide bonds. The SMILES string of the molecule is O=C(c1cc2ccccc2n1Cc1ccc(Cl)cc1)N1CCN(Cc2ccccc2)CC1. The van der Waals surface area contributed by atoms with E-state index in [0.29, 0.717) is 6.54 Å². The molecule has 0 N–H and O–H groups in total. The molecule has 1 aliphatic rings. The number of aromatic nitrogens is 1. The Morgan fingerprint density at radius 2 is 1.41 bits per heavy atom. The first-order valence-electron chi connectivity index (χ1n) is 11.1. The number of carbonyl (C=O) groups excluding carboxylic acids is 1. The number of hydrogen-bond acceptors (Lipinski definition) is 2. The van der Waals surface area contributed by atoms with Gasteiger partial charge in [0, 0.05) is 55.2 Å². The summed E-state index contributed by atoms with van der Waals surface area (Å²) >= 11 is 6.06. The van der Waals surface area contributed by atoms with E-state index < -0.39 is 0 Å². The number of fused-ring (bicyclic) bond motifs is 1. The van der Waals surface area contributed by atoms with Crippen LogP contribution in [0.5, 0.6) is 0 Å². The molecule has 32 heavy (non-hydrogen) atoms. The van der Waals surface area contributed by atoms with Crippen molar-refractivity contribution in [1.82, 2.24) is 14.4 Å². The van der Waals surface area contributed by atoms with Gasteiger partial charge in [0.05, 0.1) is 0 Å². The zero-order chi connectivity index (χ0) is 21.9. The molecule has 0 spiro atoms. The van der Waals surface area contributed by atoms with Gasteiger partial charge in [-0.25, -0.2) is 0 Å². The Morgan fingerprint density at radius 3 is 2.16 bits per heavy atom. The van der Waals surface area contributed by atoms with Crippen molar-refractivity contribution in [2.45, 2.75) is 13.1 Å². The van der Waals surface area contributed by atoms with E-state index in [0.717, 1.165) is 59.9 Å². The molecule has 0 radical (unpaired) electrons. The lowest BCUT2D eigenvalue weighted by Gasteiger charge is -2.35. The molecule has 1 aliphatic heterocycles. The molecule has 2 heterocycles. The minimum absolute atomic E-state index is 0.106. The molecule has 0 bridgehead atoms. The maximum absolute atomic E-state index is 13.6. The maximum Gasteiger partial charge on any atom is 0.270 e. The second kappa shape index (κ2) is 9.19. The molecule has 4 nitrogen and oxygen atoms in total. The highest BCUT2D eigenvalue weighted by Gasteiger charge is 2.25. The van der Waals surface area contributed by atoms with Crippen molar-refractivity contribution in [1.29, 1.82) is 0 Å². The lowest BCUT2D eigenvalue weighted by molar-refractivity contribution is 0.0619. The molecule has 4 aromatic rings. The quantitative estimate of drug-likeness (QED) is 0.418. The van der Waals surface area contributed by atoms with Gasteiger partial charge in [-0.15, -0.1) is 0 Å². The first-order chi connectivity index (χ1) is 15.7. The third-order valence-corrected chi connectivity index (χ3v) is 6.44. The van der Waals surface area contributed by atoms with Gasteiger partial charge in [-0.1, -0.05) is 72.3 Å². The van der Waals surface area contributed by atoms with Gasteiger partial charge < -0.3 is 9.47 Å². The summed E-state index contributed by atoms with van der Waals surface area (Å²) in [6.45, 7) is 4.83. The highest BCUT2D eigenvalue weighted by molar-refractivity contribution is 6.30. The van der Waals surface area contributed by atoms with E-state index in [9.17, 15) is 4.79 Å².